The van der Waals surface area contributed by atoms with Gasteiger partial charge in [-0.2, -0.15) is 13.2 Å². The fourth-order valence-corrected chi connectivity index (χ4v) is 5.47. The van der Waals surface area contributed by atoms with Crippen molar-refractivity contribution in [3.8, 4) is 0 Å². The molecule has 1 aliphatic heterocycles. The Morgan fingerprint density at radius 2 is 1.82 bits per heavy atom. The zero-order valence-electron chi connectivity index (χ0n) is 25.1. The maximum atomic E-state index is 13.0. The number of aliphatic hydroxyl groups excluding tert-OH is 2. The summed E-state index contributed by atoms with van der Waals surface area (Å²) in [6.07, 6.45) is -3.78. The molecule has 4 N–H and O–H groups in total. The summed E-state index contributed by atoms with van der Waals surface area (Å²) in [6, 6.07) is -0.574. The van der Waals surface area contributed by atoms with Crippen LogP contribution in [0.15, 0.2) is 12.3 Å². The summed E-state index contributed by atoms with van der Waals surface area (Å²) in [7, 11) is 0. The highest BCUT2D eigenvalue weighted by atomic mass is 19.4. The van der Waals surface area contributed by atoms with Crippen molar-refractivity contribution in [3.63, 3.8) is 0 Å². The molecule has 3 rings (SSSR count). The van der Waals surface area contributed by atoms with Crippen molar-refractivity contribution in [1.82, 2.24) is 15.3 Å². The highest BCUT2D eigenvalue weighted by molar-refractivity contribution is 5.78. The molecule has 1 saturated heterocycles. The average molecular weight is 633 g/mol. The minimum absolute atomic E-state index is 0.0106. The van der Waals surface area contributed by atoms with Gasteiger partial charge in [0.2, 0.25) is 11.9 Å². The molecule has 0 spiro atoms. The first-order chi connectivity index (χ1) is 20.9. The molecule has 1 saturated carbocycles. The van der Waals surface area contributed by atoms with E-state index in [1.165, 1.54) is 6.92 Å². The van der Waals surface area contributed by atoms with E-state index in [1.807, 2.05) is 0 Å². The van der Waals surface area contributed by atoms with Gasteiger partial charge in [-0.05, 0) is 44.1 Å². The highest BCUT2D eigenvalue weighted by Crippen LogP contribution is 2.39. The van der Waals surface area contributed by atoms with Gasteiger partial charge in [0, 0.05) is 31.9 Å². The molecule has 0 aromatic carbocycles. The second-order valence-electron chi connectivity index (χ2n) is 11.4. The summed E-state index contributed by atoms with van der Waals surface area (Å²) < 4.78 is 55.8. The maximum absolute atomic E-state index is 13.0. The van der Waals surface area contributed by atoms with E-state index in [-0.39, 0.29) is 81.1 Å². The predicted octanol–water partition coefficient (Wildman–Crippen LogP) is 2.07. The summed E-state index contributed by atoms with van der Waals surface area (Å²) >= 11 is 0. The Kier molecular flexibility index (Phi) is 13.9. The number of carbonyl (C=O) groups excluding carboxylic acids is 3. The molecular formula is C29H43F3N4O8. The number of hydrogen-bond acceptors (Lipinski definition) is 11. The Balaban J connectivity index is 1.38. The van der Waals surface area contributed by atoms with Crippen LogP contribution in [0.3, 0.4) is 0 Å². The first kappa shape index (κ1) is 35.8. The molecule has 2 aliphatic rings. The summed E-state index contributed by atoms with van der Waals surface area (Å²) in [6.45, 7) is 3.93. The molecule has 2 fully saturated rings. The van der Waals surface area contributed by atoms with Crippen molar-refractivity contribution in [2.24, 2.45) is 11.8 Å². The molecule has 12 nitrogen and oxygen atoms in total. The monoisotopic (exact) mass is 632 g/mol. The van der Waals surface area contributed by atoms with Crippen LogP contribution in [0, 0.1) is 11.8 Å². The van der Waals surface area contributed by atoms with Crippen LogP contribution in [0.2, 0.25) is 0 Å². The van der Waals surface area contributed by atoms with Gasteiger partial charge in [0.15, 0.2) is 0 Å². The number of amides is 1. The number of ketones is 2. The van der Waals surface area contributed by atoms with Crippen LogP contribution in [0.25, 0.3) is 0 Å². The van der Waals surface area contributed by atoms with Crippen molar-refractivity contribution in [3.05, 3.63) is 18.0 Å². The van der Waals surface area contributed by atoms with E-state index in [0.29, 0.717) is 25.7 Å². The topological polar surface area (TPSA) is 169 Å². The van der Waals surface area contributed by atoms with E-state index in [4.69, 9.17) is 14.2 Å². The summed E-state index contributed by atoms with van der Waals surface area (Å²) in [5, 5.41) is 26.9. The van der Waals surface area contributed by atoms with Gasteiger partial charge < -0.3 is 35.1 Å². The number of anilines is 1. The molecule has 44 heavy (non-hydrogen) atoms. The first-order valence-corrected chi connectivity index (χ1v) is 15.0. The number of alkyl halides is 3. The lowest BCUT2D eigenvalue weighted by atomic mass is 9.87. The zero-order chi connectivity index (χ0) is 32.3. The Morgan fingerprint density at radius 1 is 1.11 bits per heavy atom. The SMILES string of the molecule is CCC(=O)NC(COCCC(C)=O)COCCC(=O)CC1CCC([C@H]2OC[C@H](Nc3nccc(C(F)(F)F)n3)[C@@H](O)[C@H]2O)C1. The molecule has 1 amide bonds. The number of aliphatic hydroxyl groups is 2. The third kappa shape index (κ3) is 11.3. The van der Waals surface area contributed by atoms with Gasteiger partial charge in [-0.25, -0.2) is 9.97 Å². The Bertz CT molecular complexity index is 1090. The number of halogens is 3. The molecule has 0 radical (unpaired) electrons. The average Bonchev–Trinajstić information content (AvgIpc) is 3.43. The molecule has 1 aliphatic carbocycles. The number of hydrogen-bond donors (Lipinski definition) is 4. The number of nitrogens with zero attached hydrogens (tertiary/aromatic N) is 2. The van der Waals surface area contributed by atoms with Crippen LogP contribution in [0.5, 0.6) is 0 Å². The number of Topliss-reactive ketones (excluding diaryl/α,β-unsaturated/α-hetero) is 2. The van der Waals surface area contributed by atoms with E-state index < -0.39 is 42.3 Å². The molecule has 7 atom stereocenters. The van der Waals surface area contributed by atoms with Crippen LogP contribution >= 0.6 is 0 Å². The third-order valence-corrected chi connectivity index (χ3v) is 7.84. The minimum Gasteiger partial charge on any atom is -0.388 e. The molecule has 2 heterocycles. The second kappa shape index (κ2) is 17.1. The molecule has 0 bridgehead atoms. The zero-order valence-corrected chi connectivity index (χ0v) is 25.1. The minimum atomic E-state index is -4.65. The van der Waals surface area contributed by atoms with Crippen LogP contribution in [-0.4, -0.2) is 101 Å². The van der Waals surface area contributed by atoms with Crippen molar-refractivity contribution >= 4 is 23.4 Å². The standard InChI is InChI=1S/C29H43F3N4O8/c1-3-24(39)34-20(14-42-10-7-17(2)37)15-43-11-8-21(38)13-18-4-5-19(12-18)27-26(41)25(40)22(16-44-27)35-28-33-9-6-23(36-28)29(30,31)32/h6,9,18-20,22,25-27,40-41H,3-5,7-8,10-16H2,1-2H3,(H,34,39)(H,33,35,36)/t18?,19?,20?,22-,25+,26+,27+/m0/s1. The number of ether oxygens (including phenoxy) is 3. The first-order valence-electron chi connectivity index (χ1n) is 15.0. The summed E-state index contributed by atoms with van der Waals surface area (Å²) in [5.74, 6) is -0.460. The van der Waals surface area contributed by atoms with Gasteiger partial charge in [-0.15, -0.1) is 0 Å². The van der Waals surface area contributed by atoms with Crippen molar-refractivity contribution in [2.45, 2.75) is 95.4 Å². The van der Waals surface area contributed by atoms with E-state index >= 15 is 0 Å². The van der Waals surface area contributed by atoms with E-state index in [0.717, 1.165) is 18.7 Å². The molecule has 1 aromatic heterocycles. The number of rotatable bonds is 17. The Morgan fingerprint density at radius 3 is 2.48 bits per heavy atom. The van der Waals surface area contributed by atoms with Crippen molar-refractivity contribution in [2.75, 3.05) is 38.4 Å². The lowest BCUT2D eigenvalue weighted by molar-refractivity contribution is -0.158. The van der Waals surface area contributed by atoms with Gasteiger partial charge in [-0.1, -0.05) is 6.92 Å². The van der Waals surface area contributed by atoms with Crippen LogP contribution in [0.4, 0.5) is 19.1 Å². The number of nitrogens with one attached hydrogen (secondary N) is 2. The van der Waals surface area contributed by atoms with E-state index in [1.54, 1.807) is 6.92 Å². The smallest absolute Gasteiger partial charge is 0.388 e. The van der Waals surface area contributed by atoms with Crippen LogP contribution < -0.4 is 10.6 Å². The van der Waals surface area contributed by atoms with Crippen LogP contribution in [-0.2, 0) is 34.8 Å². The normalized spacial score (nSPS) is 26.2. The third-order valence-electron chi connectivity index (χ3n) is 7.84. The quantitative estimate of drug-likeness (QED) is 0.186. The molecule has 248 valence electrons. The van der Waals surface area contributed by atoms with Crippen molar-refractivity contribution in [1.29, 1.82) is 0 Å². The van der Waals surface area contributed by atoms with Crippen molar-refractivity contribution < 1.29 is 52.0 Å². The number of aromatic nitrogens is 2. The molecule has 3 unspecified atom stereocenters. The predicted molar refractivity (Wildman–Crippen MR) is 150 cm³/mol. The second-order valence-corrected chi connectivity index (χ2v) is 11.4. The van der Waals surface area contributed by atoms with Gasteiger partial charge in [0.05, 0.1) is 51.2 Å². The molecular weight excluding hydrogens is 589 g/mol. The lowest BCUT2D eigenvalue weighted by Crippen LogP contribution is -2.57. The van der Waals surface area contributed by atoms with Gasteiger partial charge in [0.25, 0.3) is 0 Å². The number of carbonyl (C=O) groups is 3. The fourth-order valence-electron chi connectivity index (χ4n) is 5.47. The molecule has 1 aromatic rings. The van der Waals surface area contributed by atoms with Gasteiger partial charge >= 0.3 is 6.18 Å². The van der Waals surface area contributed by atoms with E-state index in [2.05, 4.69) is 20.6 Å². The van der Waals surface area contributed by atoms with Crippen LogP contribution in [0.1, 0.15) is 64.5 Å². The fraction of sp³-hybridized carbons (Fsp3) is 0.759. The Labute approximate surface area is 254 Å². The lowest BCUT2D eigenvalue weighted by Gasteiger charge is -2.40. The van der Waals surface area contributed by atoms with E-state index in [9.17, 15) is 37.8 Å². The summed E-state index contributed by atoms with van der Waals surface area (Å²) in [4.78, 5) is 42.7. The molecule has 15 heteroatoms. The largest absolute Gasteiger partial charge is 0.433 e. The summed E-state index contributed by atoms with van der Waals surface area (Å²) in [5.41, 5.74) is -1.13. The maximum Gasteiger partial charge on any atom is 0.433 e. The Hall–Kier alpha value is -2.72. The van der Waals surface area contributed by atoms with Gasteiger partial charge in [0.1, 0.15) is 29.5 Å². The highest BCUT2D eigenvalue weighted by Gasteiger charge is 2.44. The van der Waals surface area contributed by atoms with Gasteiger partial charge in [-0.3, -0.25) is 14.4 Å².